The molecule has 1 heterocycles. The van der Waals surface area contributed by atoms with Gasteiger partial charge in [-0.05, 0) is 20.8 Å². The Labute approximate surface area is 73.7 Å². The van der Waals surface area contributed by atoms with Gasteiger partial charge < -0.3 is 4.74 Å². The first kappa shape index (κ1) is 9.93. The highest BCUT2D eigenvalue weighted by Crippen LogP contribution is 2.22. The Bertz CT molecular complexity index is 138. The maximum absolute atomic E-state index is 11.7. The number of nitrogens with zero attached hydrogens (tertiary/aromatic N) is 1. The maximum Gasteiger partial charge on any atom is 0.113 e. The molecule has 0 unspecified atom stereocenters. The topological polar surface area (TPSA) is 12.5 Å². The number of rotatable bonds is 3. The zero-order chi connectivity index (χ0) is 9.19. The van der Waals surface area contributed by atoms with Crippen molar-refractivity contribution in [3.8, 4) is 0 Å². The predicted molar refractivity (Wildman–Crippen MR) is 47.0 cm³/mol. The highest BCUT2D eigenvalue weighted by molar-refractivity contribution is 4.89. The zero-order valence-corrected chi connectivity index (χ0v) is 8.14. The quantitative estimate of drug-likeness (QED) is 0.642. The Morgan fingerprint density at radius 3 is 2.42 bits per heavy atom. The van der Waals surface area contributed by atoms with E-state index in [4.69, 9.17) is 4.74 Å². The van der Waals surface area contributed by atoms with Gasteiger partial charge in [-0.15, -0.1) is 0 Å². The summed E-state index contributed by atoms with van der Waals surface area (Å²) >= 11 is 0. The van der Waals surface area contributed by atoms with Crippen LogP contribution in [0.3, 0.4) is 0 Å². The monoisotopic (exact) mass is 174 g/mol. The van der Waals surface area contributed by atoms with E-state index in [0.717, 1.165) is 13.1 Å². The lowest BCUT2D eigenvalue weighted by atomic mass is 9.99. The fourth-order valence-electron chi connectivity index (χ4n) is 1.30. The lowest BCUT2D eigenvalue weighted by molar-refractivity contribution is -0.0905. The van der Waals surface area contributed by atoms with Crippen LogP contribution in [-0.2, 0) is 4.74 Å². The first-order valence-corrected chi connectivity index (χ1v) is 4.46. The fourth-order valence-corrected chi connectivity index (χ4v) is 1.30. The fraction of sp³-hybridized carbons (Fsp3) is 1.00. The molecule has 1 fully saturated rings. The largest absolute Gasteiger partial charge is 0.373 e. The van der Waals surface area contributed by atoms with Gasteiger partial charge in [0.15, 0.2) is 0 Å². The first-order chi connectivity index (χ1) is 5.54. The van der Waals surface area contributed by atoms with Crippen molar-refractivity contribution < 1.29 is 9.13 Å². The number of likely N-dealkylation sites (tertiary alicyclic amines) is 1. The van der Waals surface area contributed by atoms with E-state index in [1.807, 2.05) is 0 Å². The second-order valence-corrected chi connectivity index (χ2v) is 4.26. The van der Waals surface area contributed by atoms with Gasteiger partial charge in [0.1, 0.15) is 6.67 Å². The minimum absolute atomic E-state index is 0.232. The highest BCUT2D eigenvalue weighted by atomic mass is 18.2. The van der Waals surface area contributed by atoms with Crippen LogP contribution in [0.4, 0.5) is 4.39 Å². The molecular weight excluding hydrogens is 156 g/mol. The molecule has 2 nitrogen and oxygen atoms in total. The summed E-state index contributed by atoms with van der Waals surface area (Å²) in [5, 5.41) is 0. The molecule has 0 amide bonds. The average Bonchev–Trinajstić information content (AvgIpc) is 1.81. The molecule has 72 valence electrons. The van der Waals surface area contributed by atoms with Crippen LogP contribution in [0.2, 0.25) is 0 Å². The molecule has 12 heavy (non-hydrogen) atoms. The van der Waals surface area contributed by atoms with Crippen molar-refractivity contribution in [1.29, 1.82) is 0 Å². The summed E-state index contributed by atoms with van der Waals surface area (Å²) in [6.45, 7) is 8.32. The lowest BCUT2D eigenvalue weighted by Crippen LogP contribution is -2.59. The van der Waals surface area contributed by atoms with E-state index in [9.17, 15) is 4.39 Å². The number of hydrogen-bond acceptors (Lipinski definition) is 2. The van der Waals surface area contributed by atoms with Crippen molar-refractivity contribution in [2.45, 2.75) is 32.4 Å². The highest BCUT2D eigenvalue weighted by Gasteiger charge is 2.34. The molecule has 0 saturated carbocycles. The molecule has 0 aliphatic carbocycles. The molecule has 1 saturated heterocycles. The Morgan fingerprint density at radius 1 is 1.42 bits per heavy atom. The van der Waals surface area contributed by atoms with Crippen LogP contribution in [0, 0.1) is 0 Å². The van der Waals surface area contributed by atoms with Gasteiger partial charge in [0.25, 0.3) is 0 Å². The molecule has 0 aromatic heterocycles. The van der Waals surface area contributed by atoms with Crippen molar-refractivity contribution >= 4 is 0 Å². The van der Waals surface area contributed by atoms with E-state index in [1.165, 1.54) is 0 Å². The van der Waals surface area contributed by atoms with Gasteiger partial charge in [-0.1, -0.05) is 0 Å². The molecule has 0 aromatic carbocycles. The third-order valence-corrected chi connectivity index (χ3v) is 2.23. The van der Waals surface area contributed by atoms with Gasteiger partial charge in [-0.3, -0.25) is 4.90 Å². The van der Waals surface area contributed by atoms with E-state index in [-0.39, 0.29) is 24.9 Å². The summed E-state index contributed by atoms with van der Waals surface area (Å²) in [7, 11) is 0. The molecule has 0 bridgehead atoms. The molecule has 1 aliphatic rings. The van der Waals surface area contributed by atoms with Crippen molar-refractivity contribution in [2.75, 3.05) is 26.4 Å². The lowest BCUT2D eigenvalue weighted by Gasteiger charge is -2.47. The van der Waals surface area contributed by atoms with Gasteiger partial charge in [0.2, 0.25) is 0 Å². The van der Waals surface area contributed by atoms with E-state index >= 15 is 0 Å². The molecule has 1 aliphatic heterocycles. The normalized spacial score (nSPS) is 21.0. The van der Waals surface area contributed by atoms with Gasteiger partial charge in [-0.25, -0.2) is 4.39 Å². The standard InChI is InChI=1S/C9H18FNO/c1-9(2,3)11-6-8(7-11)12-5-4-10/h8H,4-7H2,1-3H3/i10-1. The summed E-state index contributed by atoms with van der Waals surface area (Å²) in [4.78, 5) is 2.33. The molecule has 0 aromatic rings. The Balaban J connectivity index is 2.12. The van der Waals surface area contributed by atoms with Gasteiger partial charge >= 0.3 is 0 Å². The Hall–Kier alpha value is -0.150. The first-order valence-electron chi connectivity index (χ1n) is 4.46. The van der Waals surface area contributed by atoms with E-state index < -0.39 is 0 Å². The van der Waals surface area contributed by atoms with Crippen LogP contribution in [0.15, 0.2) is 0 Å². The van der Waals surface area contributed by atoms with E-state index in [1.54, 1.807) is 0 Å². The van der Waals surface area contributed by atoms with Crippen molar-refractivity contribution in [3.63, 3.8) is 0 Å². The van der Waals surface area contributed by atoms with Crippen LogP contribution >= 0.6 is 0 Å². The molecule has 1 rings (SSSR count). The van der Waals surface area contributed by atoms with Crippen molar-refractivity contribution in [1.82, 2.24) is 4.90 Å². The Kier molecular flexibility index (Phi) is 3.07. The molecule has 0 radical (unpaired) electrons. The van der Waals surface area contributed by atoms with Crippen LogP contribution in [-0.4, -0.2) is 42.9 Å². The van der Waals surface area contributed by atoms with Crippen LogP contribution in [0.5, 0.6) is 0 Å². The van der Waals surface area contributed by atoms with Crippen LogP contribution < -0.4 is 0 Å². The summed E-state index contributed by atoms with van der Waals surface area (Å²) < 4.78 is 16.9. The summed E-state index contributed by atoms with van der Waals surface area (Å²) in [5.41, 5.74) is 0.232. The smallest absolute Gasteiger partial charge is 0.113 e. The molecule has 3 heteroatoms. The third-order valence-electron chi connectivity index (χ3n) is 2.23. The van der Waals surface area contributed by atoms with Gasteiger partial charge in [0, 0.05) is 18.6 Å². The molecule has 0 spiro atoms. The third kappa shape index (κ3) is 2.42. The SMILES string of the molecule is CC(C)(C)N1CC(OCC[18F])C1. The number of alkyl halides is 1. The number of halogens is 1. The van der Waals surface area contributed by atoms with Crippen molar-refractivity contribution in [2.24, 2.45) is 0 Å². The Morgan fingerprint density at radius 2 is 2.00 bits per heavy atom. The van der Waals surface area contributed by atoms with E-state index in [0.29, 0.717) is 0 Å². The summed E-state index contributed by atoms with van der Waals surface area (Å²) in [6, 6.07) is 0. The van der Waals surface area contributed by atoms with Crippen LogP contribution in [0.1, 0.15) is 20.8 Å². The minimum atomic E-state index is -0.369. The second-order valence-electron chi connectivity index (χ2n) is 4.26. The minimum Gasteiger partial charge on any atom is -0.373 e. The number of ether oxygens (including phenoxy) is 1. The zero-order valence-electron chi connectivity index (χ0n) is 8.14. The van der Waals surface area contributed by atoms with E-state index in [2.05, 4.69) is 25.7 Å². The second kappa shape index (κ2) is 3.71. The van der Waals surface area contributed by atoms with Crippen LogP contribution in [0.25, 0.3) is 0 Å². The molecule has 0 atom stereocenters. The predicted octanol–water partition coefficient (Wildman–Crippen LogP) is 1.46. The molecule has 0 N–H and O–H groups in total. The number of hydrogen-bond donors (Lipinski definition) is 0. The maximum atomic E-state index is 11.7. The van der Waals surface area contributed by atoms with Gasteiger partial charge in [-0.2, -0.15) is 0 Å². The summed E-state index contributed by atoms with van der Waals surface area (Å²) in [6.07, 6.45) is 0.264. The molecular formula is C9H18FNO. The van der Waals surface area contributed by atoms with Gasteiger partial charge in [0.05, 0.1) is 12.7 Å². The summed E-state index contributed by atoms with van der Waals surface area (Å²) in [5.74, 6) is 0. The van der Waals surface area contributed by atoms with Crippen molar-refractivity contribution in [3.05, 3.63) is 0 Å². The average molecular weight is 174 g/mol.